The van der Waals surface area contributed by atoms with Crippen LogP contribution in [-0.2, 0) is 4.74 Å². The van der Waals surface area contributed by atoms with E-state index in [0.29, 0.717) is 13.2 Å². The Kier molecular flexibility index (Phi) is 6.45. The maximum Gasteiger partial charge on any atom is 0.265 e. The van der Waals surface area contributed by atoms with Crippen molar-refractivity contribution in [2.75, 3.05) is 65.9 Å². The van der Waals surface area contributed by atoms with Gasteiger partial charge in [0.15, 0.2) is 4.96 Å². The molecule has 31 heavy (non-hydrogen) atoms. The van der Waals surface area contributed by atoms with E-state index in [9.17, 15) is 4.79 Å². The first-order valence-electron chi connectivity index (χ1n) is 10.4. The number of fused-ring (bicyclic) bond motifs is 1. The summed E-state index contributed by atoms with van der Waals surface area (Å²) < 4.78 is 12.7. The number of imidazole rings is 1. The molecule has 1 aromatic carbocycles. The topological polar surface area (TPSA) is 71.3 Å². The van der Waals surface area contributed by atoms with Crippen LogP contribution in [0, 0.1) is 6.92 Å². The van der Waals surface area contributed by atoms with Crippen molar-refractivity contribution in [3.05, 3.63) is 34.8 Å². The molecule has 1 saturated heterocycles. The highest BCUT2D eigenvalue weighted by Gasteiger charge is 2.27. The predicted octanol–water partition coefficient (Wildman–Crippen LogP) is 2.83. The largest absolute Gasteiger partial charge is 0.497 e. The monoisotopic (exact) mass is 443 g/mol. The standard InChI is InChI=1S/C22H29N5O3S/c1-15-19(21(28)26-11-9-25(2)10-12-26)31-22-24-18(16-6-5-7-17(14-16)30-4)20(27(15)22)23-8-13-29-3/h5-7,14,23H,8-13H2,1-4H3. The molecule has 1 amide bonds. The summed E-state index contributed by atoms with van der Waals surface area (Å²) in [5, 5.41) is 3.46. The Bertz CT molecular complexity index is 1070. The second-order valence-corrected chi connectivity index (χ2v) is 8.67. The number of amides is 1. The molecule has 0 spiro atoms. The average Bonchev–Trinajstić information content (AvgIpc) is 3.31. The van der Waals surface area contributed by atoms with Crippen LogP contribution in [-0.4, -0.2) is 85.7 Å². The number of piperazine rings is 1. The van der Waals surface area contributed by atoms with E-state index in [2.05, 4.69) is 21.7 Å². The van der Waals surface area contributed by atoms with E-state index in [1.807, 2.05) is 36.1 Å². The summed E-state index contributed by atoms with van der Waals surface area (Å²) in [6.45, 7) is 6.50. The van der Waals surface area contributed by atoms with Crippen molar-refractivity contribution in [3.63, 3.8) is 0 Å². The molecule has 0 atom stereocenters. The summed E-state index contributed by atoms with van der Waals surface area (Å²) in [7, 11) is 5.42. The highest BCUT2D eigenvalue weighted by atomic mass is 32.1. The Morgan fingerprint density at radius 3 is 2.71 bits per heavy atom. The predicted molar refractivity (Wildman–Crippen MR) is 124 cm³/mol. The van der Waals surface area contributed by atoms with Gasteiger partial charge in [0.1, 0.15) is 22.1 Å². The van der Waals surface area contributed by atoms with Crippen molar-refractivity contribution in [2.24, 2.45) is 0 Å². The van der Waals surface area contributed by atoms with Crippen molar-refractivity contribution in [3.8, 4) is 17.0 Å². The van der Waals surface area contributed by atoms with Crippen LogP contribution < -0.4 is 10.1 Å². The summed E-state index contributed by atoms with van der Waals surface area (Å²) in [5.41, 5.74) is 2.70. The van der Waals surface area contributed by atoms with E-state index in [4.69, 9.17) is 14.5 Å². The summed E-state index contributed by atoms with van der Waals surface area (Å²) in [6.07, 6.45) is 0. The van der Waals surface area contributed by atoms with E-state index in [-0.39, 0.29) is 5.91 Å². The van der Waals surface area contributed by atoms with E-state index >= 15 is 0 Å². The fourth-order valence-electron chi connectivity index (χ4n) is 3.80. The van der Waals surface area contributed by atoms with Gasteiger partial charge in [-0.25, -0.2) is 4.98 Å². The van der Waals surface area contributed by atoms with Gasteiger partial charge in [-0.3, -0.25) is 9.20 Å². The molecule has 3 heterocycles. The number of methoxy groups -OCH3 is 2. The number of rotatable bonds is 7. The number of hydrogen-bond acceptors (Lipinski definition) is 7. The Morgan fingerprint density at radius 1 is 1.23 bits per heavy atom. The molecule has 4 rings (SSSR count). The van der Waals surface area contributed by atoms with Crippen LogP contribution >= 0.6 is 11.3 Å². The zero-order valence-electron chi connectivity index (χ0n) is 18.5. The Hall–Kier alpha value is -2.62. The van der Waals surface area contributed by atoms with Crippen molar-refractivity contribution >= 4 is 28.0 Å². The van der Waals surface area contributed by atoms with Gasteiger partial charge in [0, 0.05) is 51.1 Å². The van der Waals surface area contributed by atoms with Crippen LogP contribution in [0.2, 0.25) is 0 Å². The van der Waals surface area contributed by atoms with Crippen LogP contribution in [0.3, 0.4) is 0 Å². The summed E-state index contributed by atoms with van der Waals surface area (Å²) >= 11 is 1.45. The molecule has 1 aliphatic heterocycles. The molecule has 9 heteroatoms. The van der Waals surface area contributed by atoms with Crippen LogP contribution in [0.1, 0.15) is 15.4 Å². The molecule has 1 N–H and O–H groups in total. The maximum absolute atomic E-state index is 13.2. The van der Waals surface area contributed by atoms with E-state index in [1.54, 1.807) is 14.2 Å². The fraction of sp³-hybridized carbons (Fsp3) is 0.455. The average molecular weight is 444 g/mol. The van der Waals surface area contributed by atoms with Gasteiger partial charge < -0.3 is 24.6 Å². The third kappa shape index (κ3) is 4.26. The van der Waals surface area contributed by atoms with Crippen LogP contribution in [0.5, 0.6) is 5.75 Å². The number of carbonyl (C=O) groups excluding carboxylic acids is 1. The maximum atomic E-state index is 13.2. The first-order chi connectivity index (χ1) is 15.0. The van der Waals surface area contributed by atoms with Gasteiger partial charge in [0.2, 0.25) is 0 Å². The Morgan fingerprint density at radius 2 is 2.00 bits per heavy atom. The van der Waals surface area contributed by atoms with Crippen LogP contribution in [0.25, 0.3) is 16.2 Å². The van der Waals surface area contributed by atoms with Gasteiger partial charge in [-0.2, -0.15) is 0 Å². The Balaban J connectivity index is 1.74. The van der Waals surface area contributed by atoms with Crippen molar-refractivity contribution in [2.45, 2.75) is 6.92 Å². The molecule has 166 valence electrons. The third-order valence-corrected chi connectivity index (χ3v) is 6.76. The van der Waals surface area contributed by atoms with Gasteiger partial charge in [-0.15, -0.1) is 0 Å². The number of hydrogen-bond donors (Lipinski definition) is 1. The SMILES string of the molecule is COCCNc1c(-c2cccc(OC)c2)nc2sc(C(=O)N3CCN(C)CC3)c(C)n12. The zero-order chi connectivity index (χ0) is 22.0. The number of thiazole rings is 1. The molecule has 1 fully saturated rings. The van der Waals surface area contributed by atoms with E-state index in [1.165, 1.54) is 11.3 Å². The highest BCUT2D eigenvalue weighted by molar-refractivity contribution is 7.19. The van der Waals surface area contributed by atoms with Crippen molar-refractivity contribution < 1.29 is 14.3 Å². The first-order valence-corrected chi connectivity index (χ1v) is 11.2. The lowest BCUT2D eigenvalue weighted by Crippen LogP contribution is -2.47. The minimum atomic E-state index is 0.0897. The molecular formula is C22H29N5O3S. The molecule has 0 unspecified atom stereocenters. The van der Waals surface area contributed by atoms with Gasteiger partial charge in [-0.1, -0.05) is 23.5 Å². The lowest BCUT2D eigenvalue weighted by atomic mass is 10.1. The summed E-state index contributed by atoms with van der Waals surface area (Å²) in [6, 6.07) is 7.86. The number of ether oxygens (including phenoxy) is 2. The number of likely N-dealkylation sites (N-methyl/N-ethyl adjacent to an activating group) is 1. The van der Waals surface area contributed by atoms with Gasteiger partial charge >= 0.3 is 0 Å². The third-order valence-electron chi connectivity index (χ3n) is 5.63. The smallest absolute Gasteiger partial charge is 0.265 e. The van der Waals surface area contributed by atoms with Gasteiger partial charge in [0.05, 0.1) is 13.7 Å². The fourth-order valence-corrected chi connectivity index (χ4v) is 4.90. The molecule has 0 aliphatic carbocycles. The summed E-state index contributed by atoms with van der Waals surface area (Å²) in [4.78, 5) is 23.9. The Labute approximate surface area is 186 Å². The molecule has 0 radical (unpaired) electrons. The minimum Gasteiger partial charge on any atom is -0.497 e. The van der Waals surface area contributed by atoms with E-state index in [0.717, 1.165) is 64.5 Å². The lowest BCUT2D eigenvalue weighted by molar-refractivity contribution is 0.0668. The molecule has 3 aromatic rings. The first kappa shape index (κ1) is 21.6. The number of aromatic nitrogens is 2. The van der Waals surface area contributed by atoms with Gasteiger partial charge in [0.25, 0.3) is 5.91 Å². The van der Waals surface area contributed by atoms with Crippen LogP contribution in [0.15, 0.2) is 24.3 Å². The van der Waals surface area contributed by atoms with Gasteiger partial charge in [-0.05, 0) is 26.1 Å². The molecule has 0 saturated carbocycles. The molecular weight excluding hydrogens is 414 g/mol. The van der Waals surface area contributed by atoms with Crippen molar-refractivity contribution in [1.29, 1.82) is 0 Å². The second-order valence-electron chi connectivity index (χ2n) is 7.69. The lowest BCUT2D eigenvalue weighted by Gasteiger charge is -2.32. The number of benzene rings is 1. The summed E-state index contributed by atoms with van der Waals surface area (Å²) in [5.74, 6) is 1.73. The number of nitrogens with zero attached hydrogens (tertiary/aromatic N) is 4. The minimum absolute atomic E-state index is 0.0897. The highest BCUT2D eigenvalue weighted by Crippen LogP contribution is 2.36. The normalized spacial score (nSPS) is 14.9. The van der Waals surface area contributed by atoms with Crippen LogP contribution in [0.4, 0.5) is 5.82 Å². The quantitative estimate of drug-likeness (QED) is 0.566. The van der Waals surface area contributed by atoms with Crippen molar-refractivity contribution in [1.82, 2.24) is 19.2 Å². The second kappa shape index (κ2) is 9.25. The molecule has 1 aliphatic rings. The number of nitrogens with one attached hydrogen (secondary N) is 1. The number of carbonyl (C=O) groups is 1. The molecule has 0 bridgehead atoms. The zero-order valence-corrected chi connectivity index (χ0v) is 19.3. The number of aryl methyl sites for hydroxylation is 1. The van der Waals surface area contributed by atoms with E-state index < -0.39 is 0 Å². The number of anilines is 1. The molecule has 2 aromatic heterocycles. The molecule has 8 nitrogen and oxygen atoms in total.